The maximum Gasteiger partial charge on any atom is 0.139 e. The highest BCUT2D eigenvalue weighted by atomic mass is 32.1. The Morgan fingerprint density at radius 3 is 2.93 bits per heavy atom. The summed E-state index contributed by atoms with van der Waals surface area (Å²) in [6, 6.07) is 14.6. The first-order chi connectivity index (χ1) is 13.3. The summed E-state index contributed by atoms with van der Waals surface area (Å²) in [5.41, 5.74) is 4.54. The molecule has 0 atom stereocenters. The van der Waals surface area contributed by atoms with Crippen LogP contribution in [0.3, 0.4) is 0 Å². The number of hydrogen-bond donors (Lipinski definition) is 1. The topological polar surface area (TPSA) is 55.6 Å². The molecule has 0 amide bonds. The van der Waals surface area contributed by atoms with Gasteiger partial charge in [0.2, 0.25) is 0 Å². The first kappa shape index (κ1) is 16.0. The number of thiophene rings is 1. The molecule has 1 N–H and O–H groups in total. The van der Waals surface area contributed by atoms with E-state index in [1.54, 1.807) is 23.9 Å². The molecule has 0 spiro atoms. The van der Waals surface area contributed by atoms with Crippen LogP contribution in [0.2, 0.25) is 0 Å². The molecule has 1 aromatic carbocycles. The smallest absolute Gasteiger partial charge is 0.139 e. The zero-order valence-corrected chi connectivity index (χ0v) is 15.6. The summed E-state index contributed by atoms with van der Waals surface area (Å²) in [4.78, 5) is 14.3. The van der Waals surface area contributed by atoms with Crippen LogP contribution in [0.1, 0.15) is 5.69 Å². The van der Waals surface area contributed by atoms with Gasteiger partial charge in [0.25, 0.3) is 0 Å². The highest BCUT2D eigenvalue weighted by Gasteiger charge is 2.14. The summed E-state index contributed by atoms with van der Waals surface area (Å²) >= 11 is 1.64. The van der Waals surface area contributed by atoms with E-state index >= 15 is 0 Å². The zero-order valence-electron chi connectivity index (χ0n) is 14.8. The highest BCUT2D eigenvalue weighted by Crippen LogP contribution is 2.37. The third kappa shape index (κ3) is 2.84. The number of anilines is 1. The standard InChI is InChI=1S/C21H17N5S/c1-26-9-7-15-10-14(5-6-18(15)26)17-12-27-21-19(17)20(24-13-25-21)23-11-16-4-2-3-8-22-16/h2-10,12-13H,11H2,1H3,(H,23,24,25). The molecule has 0 unspecified atom stereocenters. The molecular weight excluding hydrogens is 354 g/mol. The molecule has 5 aromatic rings. The SMILES string of the molecule is Cn1ccc2cc(-c3csc4ncnc(NCc5ccccn5)c34)ccc21. The fourth-order valence-electron chi connectivity index (χ4n) is 3.35. The molecule has 6 heteroatoms. The molecule has 0 saturated carbocycles. The lowest BCUT2D eigenvalue weighted by Gasteiger charge is -2.08. The number of nitrogens with zero attached hydrogens (tertiary/aromatic N) is 4. The minimum absolute atomic E-state index is 0.625. The summed E-state index contributed by atoms with van der Waals surface area (Å²) in [5.74, 6) is 0.843. The second kappa shape index (κ2) is 6.48. The van der Waals surface area contributed by atoms with Crippen LogP contribution in [0.25, 0.3) is 32.2 Å². The summed E-state index contributed by atoms with van der Waals surface area (Å²) in [6.45, 7) is 0.625. The quantitative estimate of drug-likeness (QED) is 0.490. The van der Waals surface area contributed by atoms with Gasteiger partial charge in [-0.2, -0.15) is 0 Å². The second-order valence-corrected chi connectivity index (χ2v) is 7.28. The van der Waals surface area contributed by atoms with Gasteiger partial charge in [0, 0.05) is 41.3 Å². The van der Waals surface area contributed by atoms with E-state index in [9.17, 15) is 0 Å². The molecule has 0 aliphatic heterocycles. The van der Waals surface area contributed by atoms with Gasteiger partial charge in [-0.3, -0.25) is 4.98 Å². The first-order valence-electron chi connectivity index (χ1n) is 8.71. The zero-order chi connectivity index (χ0) is 18.2. The fourth-order valence-corrected chi connectivity index (χ4v) is 4.26. The van der Waals surface area contributed by atoms with Crippen LogP contribution in [-0.2, 0) is 13.6 Å². The van der Waals surface area contributed by atoms with E-state index in [0.717, 1.165) is 27.3 Å². The minimum atomic E-state index is 0.625. The van der Waals surface area contributed by atoms with Crippen LogP contribution in [0.4, 0.5) is 5.82 Å². The fraction of sp³-hybridized carbons (Fsp3) is 0.0952. The molecule has 0 fully saturated rings. The second-order valence-electron chi connectivity index (χ2n) is 6.43. The Morgan fingerprint density at radius 2 is 2.04 bits per heavy atom. The molecular formula is C21H17N5S. The number of rotatable bonds is 4. The van der Waals surface area contributed by atoms with Gasteiger partial charge < -0.3 is 9.88 Å². The van der Waals surface area contributed by atoms with Crippen LogP contribution in [0.5, 0.6) is 0 Å². The van der Waals surface area contributed by atoms with Crippen molar-refractivity contribution in [2.75, 3.05) is 5.32 Å². The molecule has 0 aliphatic rings. The molecule has 5 rings (SSSR count). The lowest BCUT2D eigenvalue weighted by atomic mass is 10.0. The van der Waals surface area contributed by atoms with Crippen molar-refractivity contribution in [3.63, 3.8) is 0 Å². The average molecular weight is 371 g/mol. The van der Waals surface area contributed by atoms with Crippen LogP contribution in [-0.4, -0.2) is 19.5 Å². The Labute approximate surface area is 160 Å². The van der Waals surface area contributed by atoms with Crippen molar-refractivity contribution < 1.29 is 0 Å². The number of fused-ring (bicyclic) bond motifs is 2. The lowest BCUT2D eigenvalue weighted by molar-refractivity contribution is 0.969. The van der Waals surface area contributed by atoms with Crippen molar-refractivity contribution >= 4 is 38.3 Å². The number of hydrogen-bond acceptors (Lipinski definition) is 5. The summed E-state index contributed by atoms with van der Waals surface area (Å²) in [5, 5.41) is 7.89. The molecule has 0 bridgehead atoms. The van der Waals surface area contributed by atoms with Crippen LogP contribution in [0.15, 0.2) is 66.6 Å². The van der Waals surface area contributed by atoms with E-state index in [2.05, 4.69) is 67.7 Å². The van der Waals surface area contributed by atoms with E-state index < -0.39 is 0 Å². The Morgan fingerprint density at radius 1 is 1.07 bits per heavy atom. The largest absolute Gasteiger partial charge is 0.364 e. The monoisotopic (exact) mass is 371 g/mol. The maximum absolute atomic E-state index is 4.50. The van der Waals surface area contributed by atoms with E-state index in [1.165, 1.54) is 16.5 Å². The van der Waals surface area contributed by atoms with Gasteiger partial charge in [0.1, 0.15) is 17.0 Å². The van der Waals surface area contributed by atoms with Crippen LogP contribution in [0, 0.1) is 0 Å². The molecule has 4 aromatic heterocycles. The van der Waals surface area contributed by atoms with Gasteiger partial charge >= 0.3 is 0 Å². The van der Waals surface area contributed by atoms with Crippen LogP contribution < -0.4 is 5.32 Å². The summed E-state index contributed by atoms with van der Waals surface area (Å²) in [7, 11) is 2.06. The van der Waals surface area contributed by atoms with Gasteiger partial charge in [0.15, 0.2) is 0 Å². The minimum Gasteiger partial charge on any atom is -0.364 e. The summed E-state index contributed by atoms with van der Waals surface area (Å²) in [6.07, 6.45) is 5.50. The van der Waals surface area contributed by atoms with Crippen molar-refractivity contribution in [2.45, 2.75) is 6.54 Å². The average Bonchev–Trinajstić information content (AvgIpc) is 3.31. The van der Waals surface area contributed by atoms with Crippen molar-refractivity contribution in [1.29, 1.82) is 0 Å². The van der Waals surface area contributed by atoms with Gasteiger partial charge in [-0.25, -0.2) is 9.97 Å². The third-order valence-electron chi connectivity index (χ3n) is 4.73. The van der Waals surface area contributed by atoms with Crippen molar-refractivity contribution in [3.8, 4) is 11.1 Å². The van der Waals surface area contributed by atoms with Gasteiger partial charge in [0.05, 0.1) is 17.6 Å². The molecule has 0 aliphatic carbocycles. The first-order valence-corrected chi connectivity index (χ1v) is 9.59. The molecule has 4 heterocycles. The molecule has 5 nitrogen and oxygen atoms in total. The van der Waals surface area contributed by atoms with Crippen molar-refractivity contribution in [3.05, 3.63) is 72.3 Å². The Balaban J connectivity index is 1.58. The number of pyridine rings is 1. The van der Waals surface area contributed by atoms with E-state index in [-0.39, 0.29) is 0 Å². The predicted octanol–water partition coefficient (Wildman–Crippen LogP) is 4.86. The number of aromatic nitrogens is 4. The highest BCUT2D eigenvalue weighted by molar-refractivity contribution is 7.17. The van der Waals surface area contributed by atoms with Crippen LogP contribution >= 0.6 is 11.3 Å². The van der Waals surface area contributed by atoms with Crippen molar-refractivity contribution in [2.24, 2.45) is 7.05 Å². The Bertz CT molecular complexity index is 1240. The van der Waals surface area contributed by atoms with E-state index in [4.69, 9.17) is 0 Å². The molecule has 0 radical (unpaired) electrons. The summed E-state index contributed by atoms with van der Waals surface area (Å²) < 4.78 is 2.13. The van der Waals surface area contributed by atoms with Crippen molar-refractivity contribution in [1.82, 2.24) is 19.5 Å². The normalized spacial score (nSPS) is 11.3. The van der Waals surface area contributed by atoms with E-state index in [0.29, 0.717) is 6.54 Å². The molecule has 27 heavy (non-hydrogen) atoms. The maximum atomic E-state index is 4.50. The number of nitrogens with one attached hydrogen (secondary N) is 1. The molecule has 132 valence electrons. The predicted molar refractivity (Wildman–Crippen MR) is 111 cm³/mol. The molecule has 0 saturated heterocycles. The third-order valence-corrected chi connectivity index (χ3v) is 5.62. The van der Waals surface area contributed by atoms with E-state index in [1.807, 2.05) is 18.2 Å². The number of aryl methyl sites for hydroxylation is 1. The van der Waals surface area contributed by atoms with Gasteiger partial charge in [-0.15, -0.1) is 11.3 Å². The van der Waals surface area contributed by atoms with Gasteiger partial charge in [-0.05, 0) is 35.9 Å². The number of benzene rings is 1. The Hall–Kier alpha value is -3.25. The Kier molecular flexibility index (Phi) is 3.83. The lowest BCUT2D eigenvalue weighted by Crippen LogP contribution is -2.03. The van der Waals surface area contributed by atoms with Gasteiger partial charge in [-0.1, -0.05) is 12.1 Å².